The van der Waals surface area contributed by atoms with Gasteiger partial charge in [0.2, 0.25) is 0 Å². The summed E-state index contributed by atoms with van der Waals surface area (Å²) in [6.07, 6.45) is 0. The first-order valence-corrected chi connectivity index (χ1v) is 8.61. The molecule has 27 heavy (non-hydrogen) atoms. The maximum Gasteiger partial charge on any atom is 0.261 e. The van der Waals surface area contributed by atoms with Crippen molar-refractivity contribution in [1.29, 1.82) is 0 Å². The van der Waals surface area contributed by atoms with Gasteiger partial charge in [0, 0.05) is 5.56 Å². The third-order valence-electron chi connectivity index (χ3n) is 4.08. The number of nitrogens with zero attached hydrogens (tertiary/aromatic N) is 2. The summed E-state index contributed by atoms with van der Waals surface area (Å²) in [5.74, 6) is -0.106. The van der Waals surface area contributed by atoms with Gasteiger partial charge in [-0.2, -0.15) is 0 Å². The van der Waals surface area contributed by atoms with Crippen molar-refractivity contribution in [2.75, 3.05) is 0 Å². The molecule has 0 aliphatic rings. The SMILES string of the molecule is CC(C)(Oc1ccccc1N=Nc1ccccc1-c1ccccc1)C(N)=O. The maximum atomic E-state index is 11.6. The average Bonchev–Trinajstić information content (AvgIpc) is 2.68. The molecule has 136 valence electrons. The Hall–Kier alpha value is -3.47. The lowest BCUT2D eigenvalue weighted by atomic mass is 10.0. The van der Waals surface area contributed by atoms with Crippen molar-refractivity contribution < 1.29 is 9.53 Å². The molecule has 0 radical (unpaired) electrons. The van der Waals surface area contributed by atoms with Crippen LogP contribution in [0, 0.1) is 0 Å². The number of carbonyl (C=O) groups is 1. The van der Waals surface area contributed by atoms with Crippen molar-refractivity contribution in [1.82, 2.24) is 0 Å². The number of ether oxygens (including phenoxy) is 1. The van der Waals surface area contributed by atoms with E-state index >= 15 is 0 Å². The largest absolute Gasteiger partial charge is 0.476 e. The number of amides is 1. The predicted molar refractivity (Wildman–Crippen MR) is 106 cm³/mol. The quantitative estimate of drug-likeness (QED) is 0.597. The molecule has 5 nitrogen and oxygen atoms in total. The number of carbonyl (C=O) groups excluding carboxylic acids is 1. The van der Waals surface area contributed by atoms with Crippen LogP contribution in [0.2, 0.25) is 0 Å². The monoisotopic (exact) mass is 359 g/mol. The Kier molecular flexibility index (Phi) is 5.31. The van der Waals surface area contributed by atoms with Gasteiger partial charge in [0.15, 0.2) is 5.60 Å². The Bertz CT molecular complexity index is 966. The van der Waals surface area contributed by atoms with E-state index in [1.165, 1.54) is 0 Å². The van der Waals surface area contributed by atoms with Gasteiger partial charge in [0.1, 0.15) is 11.4 Å². The second kappa shape index (κ2) is 7.83. The lowest BCUT2D eigenvalue weighted by Crippen LogP contribution is -2.43. The first kappa shape index (κ1) is 18.3. The van der Waals surface area contributed by atoms with E-state index in [4.69, 9.17) is 10.5 Å². The van der Waals surface area contributed by atoms with Crippen LogP contribution >= 0.6 is 0 Å². The molecule has 5 heteroatoms. The van der Waals surface area contributed by atoms with Gasteiger partial charge in [0.25, 0.3) is 5.91 Å². The van der Waals surface area contributed by atoms with Crippen LogP contribution in [0.5, 0.6) is 5.75 Å². The van der Waals surface area contributed by atoms with E-state index in [1.807, 2.05) is 66.7 Å². The minimum Gasteiger partial charge on any atom is -0.476 e. The third kappa shape index (κ3) is 4.39. The maximum absolute atomic E-state index is 11.6. The molecular formula is C22H21N3O2. The van der Waals surface area contributed by atoms with Gasteiger partial charge < -0.3 is 10.5 Å². The Morgan fingerprint density at radius 1 is 0.815 bits per heavy atom. The Labute approximate surface area is 158 Å². The van der Waals surface area contributed by atoms with Crippen LogP contribution < -0.4 is 10.5 Å². The number of benzene rings is 3. The molecule has 0 atom stereocenters. The Morgan fingerprint density at radius 2 is 1.37 bits per heavy atom. The second-order valence-corrected chi connectivity index (χ2v) is 6.53. The number of azo groups is 1. The molecular weight excluding hydrogens is 338 g/mol. The normalized spacial score (nSPS) is 11.5. The number of rotatable bonds is 6. The highest BCUT2D eigenvalue weighted by atomic mass is 16.5. The molecule has 3 aromatic carbocycles. The zero-order valence-electron chi connectivity index (χ0n) is 15.3. The number of hydrogen-bond donors (Lipinski definition) is 1. The van der Waals surface area contributed by atoms with Gasteiger partial charge in [-0.1, -0.05) is 60.7 Å². The van der Waals surface area contributed by atoms with Crippen molar-refractivity contribution in [3.8, 4) is 16.9 Å². The molecule has 0 aliphatic carbocycles. The molecule has 0 aliphatic heterocycles. The van der Waals surface area contributed by atoms with Crippen LogP contribution in [0.4, 0.5) is 11.4 Å². The van der Waals surface area contributed by atoms with Crippen LogP contribution in [-0.4, -0.2) is 11.5 Å². The zero-order valence-corrected chi connectivity index (χ0v) is 15.3. The lowest BCUT2D eigenvalue weighted by Gasteiger charge is -2.23. The van der Waals surface area contributed by atoms with E-state index in [9.17, 15) is 4.79 Å². The van der Waals surface area contributed by atoms with E-state index in [0.717, 1.165) is 16.8 Å². The van der Waals surface area contributed by atoms with Crippen molar-refractivity contribution >= 4 is 17.3 Å². The highest BCUT2D eigenvalue weighted by Gasteiger charge is 2.28. The van der Waals surface area contributed by atoms with Crippen molar-refractivity contribution in [3.63, 3.8) is 0 Å². The highest BCUT2D eigenvalue weighted by Crippen LogP contribution is 2.34. The molecule has 1 amide bonds. The second-order valence-electron chi connectivity index (χ2n) is 6.53. The van der Waals surface area contributed by atoms with Gasteiger partial charge in [-0.05, 0) is 37.6 Å². The summed E-state index contributed by atoms with van der Waals surface area (Å²) in [4.78, 5) is 11.6. The highest BCUT2D eigenvalue weighted by molar-refractivity contribution is 5.83. The number of hydrogen-bond acceptors (Lipinski definition) is 4. The van der Waals surface area contributed by atoms with E-state index in [-0.39, 0.29) is 0 Å². The number of para-hydroxylation sites is 1. The summed E-state index contributed by atoms with van der Waals surface area (Å²) in [6, 6.07) is 25.0. The summed E-state index contributed by atoms with van der Waals surface area (Å²) < 4.78 is 5.77. The van der Waals surface area contributed by atoms with Gasteiger partial charge in [-0.15, -0.1) is 10.2 Å². The fourth-order valence-corrected chi connectivity index (χ4v) is 2.48. The first-order valence-electron chi connectivity index (χ1n) is 8.61. The van der Waals surface area contributed by atoms with Crippen LogP contribution in [0.3, 0.4) is 0 Å². The van der Waals surface area contributed by atoms with Gasteiger partial charge in [-0.25, -0.2) is 0 Å². The van der Waals surface area contributed by atoms with Crippen LogP contribution in [0.25, 0.3) is 11.1 Å². The van der Waals surface area contributed by atoms with Crippen molar-refractivity contribution in [2.45, 2.75) is 19.4 Å². The fraction of sp³-hybridized carbons (Fsp3) is 0.136. The summed E-state index contributed by atoms with van der Waals surface area (Å²) in [5.41, 5.74) is 7.57. The molecule has 3 rings (SSSR count). The molecule has 0 saturated carbocycles. The first-order chi connectivity index (χ1) is 13.0. The molecule has 3 aromatic rings. The third-order valence-corrected chi connectivity index (χ3v) is 4.08. The molecule has 0 fully saturated rings. The standard InChI is InChI=1S/C22H21N3O2/c1-22(2,21(23)26)27-20-15-9-8-14-19(20)25-24-18-13-7-6-12-17(18)16-10-4-3-5-11-16/h3-15H,1-2H3,(H2,23,26). The summed E-state index contributed by atoms with van der Waals surface area (Å²) >= 11 is 0. The van der Waals surface area contributed by atoms with E-state index in [0.29, 0.717) is 11.4 Å². The molecule has 0 unspecified atom stereocenters. The molecule has 2 N–H and O–H groups in total. The average molecular weight is 359 g/mol. The molecule has 0 spiro atoms. The lowest BCUT2D eigenvalue weighted by molar-refractivity contribution is -0.130. The van der Waals surface area contributed by atoms with Crippen molar-refractivity contribution in [2.24, 2.45) is 16.0 Å². The molecule has 0 saturated heterocycles. The number of nitrogens with two attached hydrogens (primary N) is 1. The number of primary amides is 1. The van der Waals surface area contributed by atoms with Crippen LogP contribution in [-0.2, 0) is 4.79 Å². The van der Waals surface area contributed by atoms with E-state index in [2.05, 4.69) is 10.2 Å². The van der Waals surface area contributed by atoms with E-state index in [1.54, 1.807) is 26.0 Å². The minimum absolute atomic E-state index is 0.447. The molecule has 0 aromatic heterocycles. The molecule has 0 bridgehead atoms. The Balaban J connectivity index is 1.94. The van der Waals surface area contributed by atoms with Gasteiger partial charge in [0.05, 0.1) is 5.69 Å². The van der Waals surface area contributed by atoms with E-state index < -0.39 is 11.5 Å². The van der Waals surface area contributed by atoms with Gasteiger partial charge >= 0.3 is 0 Å². The molecule has 0 heterocycles. The van der Waals surface area contributed by atoms with Gasteiger partial charge in [-0.3, -0.25) is 4.79 Å². The summed E-state index contributed by atoms with van der Waals surface area (Å²) in [5, 5.41) is 8.77. The zero-order chi connectivity index (χ0) is 19.3. The Morgan fingerprint density at radius 3 is 2.07 bits per heavy atom. The van der Waals surface area contributed by atoms with Crippen LogP contribution in [0.15, 0.2) is 89.1 Å². The topological polar surface area (TPSA) is 77.0 Å². The van der Waals surface area contributed by atoms with Crippen LogP contribution in [0.1, 0.15) is 13.8 Å². The summed E-state index contributed by atoms with van der Waals surface area (Å²) in [7, 11) is 0. The minimum atomic E-state index is -1.15. The summed E-state index contributed by atoms with van der Waals surface area (Å²) in [6.45, 7) is 3.24. The smallest absolute Gasteiger partial charge is 0.261 e. The van der Waals surface area contributed by atoms with Crippen molar-refractivity contribution in [3.05, 3.63) is 78.9 Å². The fourth-order valence-electron chi connectivity index (χ4n) is 2.48. The predicted octanol–water partition coefficient (Wildman–Crippen LogP) is 5.41.